The van der Waals surface area contributed by atoms with Crippen molar-refractivity contribution in [1.29, 1.82) is 0 Å². The van der Waals surface area contributed by atoms with E-state index in [0.717, 1.165) is 46.0 Å². The summed E-state index contributed by atoms with van der Waals surface area (Å²) in [5, 5.41) is 4.68. The van der Waals surface area contributed by atoms with Crippen molar-refractivity contribution in [2.24, 2.45) is 17.0 Å². The number of amides is 3. The van der Waals surface area contributed by atoms with Crippen LogP contribution >= 0.6 is 46.5 Å². The standard InChI is InChI=1S/C53H61BClN5O15S3/c1-29(26-77-53(47(66)74-54)28-60-43(63)35(45(60)78-53)22-37(61)40(36-27-76-48(56)57-36)58-75-52(8,9)46(65)72-50(2,3)4)23-59(49(67)73-51(5,6)7)44(64)41(62)34-20-21-38(70-24-30-12-16-32(68-10)17-13-30)42(39(34)55)71-25-31-14-18-33(69-11)19-15-31/h12-21,27,29,35,45H,22-26,28H2,1-11H3,(H2,56,57)/b58-40-/t29-,35+,45?,53+/m0/s1. The molecule has 1 aromatic heterocycles. The Bertz CT molecular complexity index is 2930. The molecule has 416 valence electrons. The Balaban J connectivity index is 1.19. The minimum Gasteiger partial charge on any atom is -0.542 e. The summed E-state index contributed by atoms with van der Waals surface area (Å²) < 4.78 is 37.2. The number of rotatable bonds is 23. The number of thiazole rings is 1. The monoisotopic (exact) mass is 1150 g/mol. The zero-order chi connectivity index (χ0) is 57.5. The van der Waals surface area contributed by atoms with Crippen molar-refractivity contribution < 1.29 is 71.5 Å². The molecule has 0 aliphatic carbocycles. The summed E-state index contributed by atoms with van der Waals surface area (Å²) in [4.78, 5) is 109. The average molecular weight is 1150 g/mol. The lowest BCUT2D eigenvalue weighted by molar-refractivity contribution is -0.179. The van der Waals surface area contributed by atoms with Crippen LogP contribution in [0.2, 0.25) is 5.02 Å². The Morgan fingerprint density at radius 2 is 1.49 bits per heavy atom. The largest absolute Gasteiger partial charge is 0.542 e. The maximum Gasteiger partial charge on any atom is 0.417 e. The first-order valence-corrected chi connectivity index (χ1v) is 27.4. The summed E-state index contributed by atoms with van der Waals surface area (Å²) in [5.41, 5.74) is 3.28. The lowest BCUT2D eigenvalue weighted by Crippen LogP contribution is -2.57. The lowest BCUT2D eigenvalue weighted by Gasteiger charge is -2.41. The zero-order valence-corrected chi connectivity index (χ0v) is 48.2. The molecule has 2 radical (unpaired) electrons. The fourth-order valence-corrected chi connectivity index (χ4v) is 11.7. The molecule has 2 saturated heterocycles. The molecule has 0 spiro atoms. The predicted octanol–water partition coefficient (Wildman–Crippen LogP) is 8.22. The van der Waals surface area contributed by atoms with Gasteiger partial charge in [-0.3, -0.25) is 24.0 Å². The molecule has 2 fully saturated rings. The van der Waals surface area contributed by atoms with E-state index in [-0.39, 0.29) is 70.7 Å². The SMILES string of the molecule is [B]OC(=O)[C@@]1(SC[C@@H](C)CN(C(=O)OC(C)(C)C)C(=O)C(=O)c2ccc(OCc3ccc(OC)cc3)c(OCc3ccc(OC)cc3)c2Cl)CN2C(=O)[C@@H](CC(=O)/C(=N\OC(C)(C)C(=O)OC(C)(C)C)c3csc(N)n3)C2S1. The number of carbonyl (C=O) groups is 7. The second-order valence-corrected chi connectivity index (χ2v) is 24.9. The third-order valence-electron chi connectivity index (χ3n) is 11.6. The van der Waals surface area contributed by atoms with Crippen LogP contribution < -0.4 is 24.7 Å². The van der Waals surface area contributed by atoms with Crippen LogP contribution in [0.25, 0.3) is 0 Å². The summed E-state index contributed by atoms with van der Waals surface area (Å²) in [6.45, 7) is 13.8. The number of nitrogens with two attached hydrogens (primary N) is 1. The number of anilines is 1. The fourth-order valence-electron chi connectivity index (χ4n) is 7.58. The number of aromatic nitrogens is 1. The molecule has 25 heteroatoms. The number of ether oxygens (including phenoxy) is 6. The molecule has 20 nitrogen and oxygen atoms in total. The molecule has 3 heterocycles. The van der Waals surface area contributed by atoms with Gasteiger partial charge in [-0.15, -0.1) is 34.9 Å². The van der Waals surface area contributed by atoms with E-state index >= 15 is 0 Å². The number of halogens is 1. The maximum absolute atomic E-state index is 14.4. The number of fused-ring (bicyclic) bond motifs is 1. The van der Waals surface area contributed by atoms with Crippen molar-refractivity contribution in [3.05, 3.63) is 93.5 Å². The number of Topliss-reactive ketones (excluding diaryl/α,β-unsaturated/α-hetero) is 2. The van der Waals surface area contributed by atoms with Gasteiger partial charge in [0, 0.05) is 18.3 Å². The molecule has 2 N–H and O–H groups in total. The molecule has 0 saturated carbocycles. The summed E-state index contributed by atoms with van der Waals surface area (Å²) in [6.07, 6.45) is -1.52. The van der Waals surface area contributed by atoms with Crippen LogP contribution in [0.5, 0.6) is 23.0 Å². The Morgan fingerprint density at radius 3 is 2.03 bits per heavy atom. The number of carbonyl (C=O) groups excluding carboxylic acids is 7. The van der Waals surface area contributed by atoms with E-state index in [1.54, 1.807) is 99.1 Å². The van der Waals surface area contributed by atoms with E-state index in [0.29, 0.717) is 16.4 Å². The highest BCUT2D eigenvalue weighted by Gasteiger charge is 2.62. The highest BCUT2D eigenvalue weighted by molar-refractivity contribution is 8.20. The summed E-state index contributed by atoms with van der Waals surface area (Å²) >= 11 is 10.1. The molecule has 6 rings (SSSR count). The van der Waals surface area contributed by atoms with Gasteiger partial charge in [-0.2, -0.15) is 0 Å². The number of β-lactam (4-membered cyclic amide) rings is 1. The molecule has 4 aromatic rings. The predicted molar refractivity (Wildman–Crippen MR) is 295 cm³/mol. The van der Waals surface area contributed by atoms with E-state index in [4.69, 9.17) is 63.3 Å². The minimum atomic E-state index is -1.64. The van der Waals surface area contributed by atoms with Gasteiger partial charge in [0.05, 0.1) is 42.6 Å². The van der Waals surface area contributed by atoms with Crippen LogP contribution in [-0.4, -0.2) is 129 Å². The van der Waals surface area contributed by atoms with E-state index in [2.05, 4.69) is 10.1 Å². The second-order valence-electron chi connectivity index (χ2n) is 20.7. The number of methoxy groups -OCH3 is 2. The van der Waals surface area contributed by atoms with Crippen LogP contribution in [-0.2, 0) is 56.2 Å². The zero-order valence-electron chi connectivity index (χ0n) is 45.0. The Kier molecular flexibility index (Phi) is 19.5. The van der Waals surface area contributed by atoms with Gasteiger partial charge in [0.1, 0.15) is 41.6 Å². The molecule has 2 aliphatic heterocycles. The number of imide groups is 1. The highest BCUT2D eigenvalue weighted by atomic mass is 35.5. The number of nitrogens with zero attached hydrogens (tertiary/aromatic N) is 4. The molecule has 3 aromatic carbocycles. The highest BCUT2D eigenvalue weighted by Crippen LogP contribution is 2.56. The van der Waals surface area contributed by atoms with Crippen LogP contribution in [0.1, 0.15) is 95.9 Å². The van der Waals surface area contributed by atoms with Gasteiger partial charge < -0.3 is 48.5 Å². The minimum absolute atomic E-state index is 0.0257. The molecular weight excluding hydrogens is 1090 g/mol. The summed E-state index contributed by atoms with van der Waals surface area (Å²) in [7, 11) is 8.58. The molecular formula is C53H61BClN5O15S3. The number of nitrogen functional groups attached to an aromatic ring is 1. The summed E-state index contributed by atoms with van der Waals surface area (Å²) in [6, 6.07) is 17.0. The molecule has 0 bridgehead atoms. The normalized spacial score (nSPS) is 17.7. The number of thioether (sulfide) groups is 2. The van der Waals surface area contributed by atoms with Crippen molar-refractivity contribution in [3.8, 4) is 23.0 Å². The maximum atomic E-state index is 14.4. The number of hydrogen-bond donors (Lipinski definition) is 1. The number of benzene rings is 3. The summed E-state index contributed by atoms with van der Waals surface area (Å²) in [5.74, 6) is -5.34. The second kappa shape index (κ2) is 25.1. The van der Waals surface area contributed by atoms with Crippen LogP contribution in [0.4, 0.5) is 9.93 Å². The molecule has 1 unspecified atom stereocenters. The Labute approximate surface area is 471 Å². The number of esters is 1. The van der Waals surface area contributed by atoms with Crippen molar-refractivity contribution in [2.45, 2.75) is 108 Å². The smallest absolute Gasteiger partial charge is 0.417 e. The van der Waals surface area contributed by atoms with Gasteiger partial charge in [-0.1, -0.05) is 47.9 Å². The molecule has 4 atom stereocenters. The Hall–Kier alpha value is -6.50. The molecule has 3 amide bonds. The van der Waals surface area contributed by atoms with Crippen LogP contribution in [0.15, 0.2) is 71.2 Å². The number of ketones is 2. The van der Waals surface area contributed by atoms with Crippen LogP contribution in [0.3, 0.4) is 0 Å². The number of hydrogen-bond acceptors (Lipinski definition) is 21. The lowest BCUT2D eigenvalue weighted by atomic mass is 9.90. The van der Waals surface area contributed by atoms with Gasteiger partial charge in [0.15, 0.2) is 32.2 Å². The van der Waals surface area contributed by atoms with Gasteiger partial charge in [0.25, 0.3) is 5.78 Å². The van der Waals surface area contributed by atoms with Crippen molar-refractivity contribution in [2.75, 3.05) is 38.8 Å². The van der Waals surface area contributed by atoms with Crippen LogP contribution in [0, 0.1) is 11.8 Å². The first kappa shape index (κ1) is 60.7. The van der Waals surface area contributed by atoms with Gasteiger partial charge in [-0.25, -0.2) is 19.5 Å². The first-order chi connectivity index (χ1) is 36.6. The van der Waals surface area contributed by atoms with Gasteiger partial charge in [0.2, 0.25) is 11.5 Å². The number of oxime groups is 1. The van der Waals surface area contributed by atoms with Crippen molar-refractivity contribution in [3.63, 3.8) is 0 Å². The Morgan fingerprint density at radius 1 is 0.897 bits per heavy atom. The topological polar surface area (TPSA) is 251 Å². The van der Waals surface area contributed by atoms with Crippen molar-refractivity contribution >= 4 is 107 Å². The van der Waals surface area contributed by atoms with Gasteiger partial charge in [-0.05, 0) is 115 Å². The van der Waals surface area contributed by atoms with E-state index in [1.165, 1.54) is 36.3 Å². The fraction of sp³-hybridized carbons (Fsp3) is 0.453. The van der Waals surface area contributed by atoms with Gasteiger partial charge >= 0.3 is 32.0 Å². The van der Waals surface area contributed by atoms with E-state index in [1.807, 2.05) is 12.1 Å². The van der Waals surface area contributed by atoms with Crippen molar-refractivity contribution in [1.82, 2.24) is 14.8 Å². The molecule has 2 aliphatic rings. The van der Waals surface area contributed by atoms with E-state index < -0.39 is 85.9 Å². The first-order valence-electron chi connectivity index (χ1n) is 24.3. The quantitative estimate of drug-likeness (QED) is 0.0140. The average Bonchev–Trinajstić information content (AvgIpc) is 4.11. The third kappa shape index (κ3) is 15.0. The third-order valence-corrected chi connectivity index (χ3v) is 16.3. The van der Waals surface area contributed by atoms with E-state index in [9.17, 15) is 33.6 Å². The molecule has 78 heavy (non-hydrogen) atoms.